The molecule has 3 rings (SSSR count). The third-order valence-electron chi connectivity index (χ3n) is 4.65. The van der Waals surface area contributed by atoms with E-state index in [-0.39, 0.29) is 5.91 Å². The Kier molecular flexibility index (Phi) is 3.34. The fraction of sp³-hybridized carbons (Fsp3) is 0.923. The summed E-state index contributed by atoms with van der Waals surface area (Å²) in [6.07, 6.45) is 5.71. The number of hydrogen-bond acceptors (Lipinski definition) is 3. The Morgan fingerprint density at radius 3 is 3.06 bits per heavy atom. The highest BCUT2D eigenvalue weighted by Crippen LogP contribution is 2.30. The van der Waals surface area contributed by atoms with Gasteiger partial charge in [0.25, 0.3) is 0 Å². The van der Waals surface area contributed by atoms with Crippen molar-refractivity contribution >= 4 is 5.91 Å². The van der Waals surface area contributed by atoms with Crippen molar-refractivity contribution in [3.05, 3.63) is 0 Å². The number of carbonyl (C=O) groups excluding carboxylic acids is 1. The molecule has 3 saturated heterocycles. The molecule has 2 N–H and O–H groups in total. The molecule has 4 nitrogen and oxygen atoms in total. The summed E-state index contributed by atoms with van der Waals surface area (Å²) in [5, 5.41) is 6.51. The summed E-state index contributed by atoms with van der Waals surface area (Å²) in [4.78, 5) is 14.3. The van der Waals surface area contributed by atoms with Crippen molar-refractivity contribution in [2.24, 2.45) is 5.92 Å². The van der Waals surface area contributed by atoms with Crippen LogP contribution in [0.25, 0.3) is 0 Å². The van der Waals surface area contributed by atoms with E-state index < -0.39 is 0 Å². The minimum atomic E-state index is 0.251. The maximum Gasteiger partial charge on any atom is 0.221 e. The predicted molar refractivity (Wildman–Crippen MR) is 66.7 cm³/mol. The molecule has 3 fully saturated rings. The maximum atomic E-state index is 11.7. The second-order valence-electron chi connectivity index (χ2n) is 5.72. The van der Waals surface area contributed by atoms with Gasteiger partial charge in [-0.2, -0.15) is 0 Å². The normalized spacial score (nSPS) is 39.5. The molecule has 0 radical (unpaired) electrons. The van der Waals surface area contributed by atoms with E-state index >= 15 is 0 Å². The number of likely N-dealkylation sites (tertiary alicyclic amines) is 1. The molecule has 4 heteroatoms. The number of rotatable bonds is 1. The minimum Gasteiger partial charge on any atom is -0.356 e. The van der Waals surface area contributed by atoms with Crippen LogP contribution in [0.2, 0.25) is 0 Å². The van der Waals surface area contributed by atoms with Gasteiger partial charge in [-0.15, -0.1) is 0 Å². The third-order valence-corrected chi connectivity index (χ3v) is 4.65. The number of nitrogens with one attached hydrogen (secondary N) is 2. The van der Waals surface area contributed by atoms with Crippen molar-refractivity contribution in [3.8, 4) is 0 Å². The lowest BCUT2D eigenvalue weighted by atomic mass is 9.89. The number of nitrogens with zero attached hydrogens (tertiary/aromatic N) is 1. The maximum absolute atomic E-state index is 11.7. The standard InChI is InChI=1S/C13H23N3O/c17-13-7-11(4-1-5-15-13)16-6-2-3-10-8-14-9-12(10)16/h10-12,14H,1-9H2,(H,15,17). The molecule has 3 aliphatic heterocycles. The molecule has 0 spiro atoms. The molecule has 0 saturated carbocycles. The number of hydrogen-bond donors (Lipinski definition) is 2. The first-order chi connectivity index (χ1) is 8.34. The van der Waals surface area contributed by atoms with Crippen LogP contribution in [0.4, 0.5) is 0 Å². The smallest absolute Gasteiger partial charge is 0.221 e. The molecule has 1 amide bonds. The van der Waals surface area contributed by atoms with Crippen LogP contribution in [0.3, 0.4) is 0 Å². The summed E-state index contributed by atoms with van der Waals surface area (Å²) >= 11 is 0. The molecule has 3 heterocycles. The highest BCUT2D eigenvalue weighted by atomic mass is 16.1. The van der Waals surface area contributed by atoms with E-state index in [0.717, 1.165) is 25.4 Å². The zero-order valence-electron chi connectivity index (χ0n) is 10.5. The van der Waals surface area contributed by atoms with Gasteiger partial charge in [-0.05, 0) is 44.7 Å². The van der Waals surface area contributed by atoms with Crippen molar-refractivity contribution in [1.82, 2.24) is 15.5 Å². The van der Waals surface area contributed by atoms with E-state index in [9.17, 15) is 4.79 Å². The van der Waals surface area contributed by atoms with Crippen LogP contribution < -0.4 is 10.6 Å². The fourth-order valence-electron chi connectivity index (χ4n) is 3.79. The molecule has 0 aromatic heterocycles. The second kappa shape index (κ2) is 4.94. The van der Waals surface area contributed by atoms with E-state index in [1.165, 1.54) is 32.4 Å². The van der Waals surface area contributed by atoms with Gasteiger partial charge < -0.3 is 10.6 Å². The van der Waals surface area contributed by atoms with Crippen LogP contribution in [-0.4, -0.2) is 49.1 Å². The van der Waals surface area contributed by atoms with Gasteiger partial charge in [-0.25, -0.2) is 0 Å². The lowest BCUT2D eigenvalue weighted by Crippen LogP contribution is -2.51. The number of amides is 1. The molecule has 0 aromatic rings. The van der Waals surface area contributed by atoms with Crippen LogP contribution in [0, 0.1) is 5.92 Å². The van der Waals surface area contributed by atoms with Crippen molar-refractivity contribution in [2.45, 2.75) is 44.2 Å². The zero-order chi connectivity index (χ0) is 11.7. The summed E-state index contributed by atoms with van der Waals surface area (Å²) in [6.45, 7) is 4.37. The lowest BCUT2D eigenvalue weighted by molar-refractivity contribution is -0.122. The van der Waals surface area contributed by atoms with Crippen molar-refractivity contribution in [2.75, 3.05) is 26.2 Å². The largest absolute Gasteiger partial charge is 0.356 e. The fourth-order valence-corrected chi connectivity index (χ4v) is 3.79. The van der Waals surface area contributed by atoms with Gasteiger partial charge in [-0.1, -0.05) is 0 Å². The van der Waals surface area contributed by atoms with Crippen molar-refractivity contribution < 1.29 is 4.79 Å². The number of carbonyl (C=O) groups is 1. The van der Waals surface area contributed by atoms with Crippen LogP contribution in [0.5, 0.6) is 0 Å². The van der Waals surface area contributed by atoms with Crippen LogP contribution in [0.1, 0.15) is 32.1 Å². The minimum absolute atomic E-state index is 0.251. The van der Waals surface area contributed by atoms with Gasteiger partial charge in [0.15, 0.2) is 0 Å². The molecule has 96 valence electrons. The Hall–Kier alpha value is -0.610. The molecule has 17 heavy (non-hydrogen) atoms. The van der Waals surface area contributed by atoms with Gasteiger partial charge in [-0.3, -0.25) is 9.69 Å². The Morgan fingerprint density at radius 1 is 1.18 bits per heavy atom. The third kappa shape index (κ3) is 2.33. The first-order valence-corrected chi connectivity index (χ1v) is 7.08. The highest BCUT2D eigenvalue weighted by molar-refractivity contribution is 5.76. The van der Waals surface area contributed by atoms with Gasteiger partial charge in [0.05, 0.1) is 0 Å². The van der Waals surface area contributed by atoms with Gasteiger partial charge in [0.2, 0.25) is 5.91 Å². The molecule has 3 atom stereocenters. The molecular formula is C13H23N3O. The van der Waals surface area contributed by atoms with E-state index in [2.05, 4.69) is 15.5 Å². The molecule has 0 bridgehead atoms. The SMILES string of the molecule is O=C1CC(N2CCCC3CNCC32)CCCN1. The lowest BCUT2D eigenvalue weighted by Gasteiger charge is -2.41. The van der Waals surface area contributed by atoms with Crippen molar-refractivity contribution in [1.29, 1.82) is 0 Å². The van der Waals surface area contributed by atoms with Crippen LogP contribution in [-0.2, 0) is 4.79 Å². The second-order valence-corrected chi connectivity index (χ2v) is 5.72. The Morgan fingerprint density at radius 2 is 2.12 bits per heavy atom. The Labute approximate surface area is 103 Å². The summed E-state index contributed by atoms with van der Waals surface area (Å²) in [6, 6.07) is 1.19. The first-order valence-electron chi connectivity index (χ1n) is 7.08. The molecule has 0 aromatic carbocycles. The predicted octanol–water partition coefficient (Wildman–Crippen LogP) is 0.339. The van der Waals surface area contributed by atoms with E-state index in [4.69, 9.17) is 0 Å². The number of piperidine rings is 1. The first kappa shape index (κ1) is 11.5. The molecule has 3 unspecified atom stereocenters. The monoisotopic (exact) mass is 237 g/mol. The topological polar surface area (TPSA) is 44.4 Å². The van der Waals surface area contributed by atoms with Gasteiger partial charge >= 0.3 is 0 Å². The summed E-state index contributed by atoms with van der Waals surface area (Å²) in [7, 11) is 0. The number of fused-ring (bicyclic) bond motifs is 1. The molecule has 0 aliphatic carbocycles. The van der Waals surface area contributed by atoms with Crippen molar-refractivity contribution in [3.63, 3.8) is 0 Å². The van der Waals surface area contributed by atoms with Crippen LogP contribution in [0.15, 0.2) is 0 Å². The van der Waals surface area contributed by atoms with E-state index in [1.54, 1.807) is 0 Å². The zero-order valence-corrected chi connectivity index (χ0v) is 10.5. The Balaban J connectivity index is 1.70. The van der Waals surface area contributed by atoms with Crippen LogP contribution >= 0.6 is 0 Å². The summed E-state index contributed by atoms with van der Waals surface area (Å²) < 4.78 is 0. The average molecular weight is 237 g/mol. The Bertz CT molecular complexity index is 294. The summed E-state index contributed by atoms with van der Waals surface area (Å²) in [5.74, 6) is 1.08. The summed E-state index contributed by atoms with van der Waals surface area (Å²) in [5.41, 5.74) is 0. The molecular weight excluding hydrogens is 214 g/mol. The van der Waals surface area contributed by atoms with Gasteiger partial charge in [0, 0.05) is 31.6 Å². The van der Waals surface area contributed by atoms with E-state index in [0.29, 0.717) is 18.5 Å². The molecule has 3 aliphatic rings. The quantitative estimate of drug-likeness (QED) is 0.691. The van der Waals surface area contributed by atoms with Gasteiger partial charge in [0.1, 0.15) is 0 Å². The van der Waals surface area contributed by atoms with E-state index in [1.807, 2.05) is 0 Å². The average Bonchev–Trinajstić information content (AvgIpc) is 2.71. The highest BCUT2D eigenvalue weighted by Gasteiger charge is 2.38.